The number of carbonyl (C=O) groups excluding carboxylic acids is 1. The van der Waals surface area contributed by atoms with Crippen LogP contribution in [0.2, 0.25) is 0 Å². The zero-order chi connectivity index (χ0) is 15.2. The molecule has 0 amide bonds. The minimum atomic E-state index is -1.38. The van der Waals surface area contributed by atoms with E-state index in [1.165, 1.54) is 0 Å². The van der Waals surface area contributed by atoms with E-state index < -0.39 is 11.7 Å². The maximum atomic E-state index is 12.6. The molecule has 1 aliphatic carbocycles. The molecule has 3 nitrogen and oxygen atoms in total. The van der Waals surface area contributed by atoms with Gasteiger partial charge in [-0.3, -0.25) is 4.79 Å². The Morgan fingerprint density at radius 2 is 1.77 bits per heavy atom. The number of hydrogen-bond acceptors (Lipinski definition) is 3. The average Bonchev–Trinajstić information content (AvgIpc) is 2.53. The van der Waals surface area contributed by atoms with Crippen molar-refractivity contribution in [3.05, 3.63) is 65.7 Å². The van der Waals surface area contributed by atoms with E-state index in [0.717, 1.165) is 11.1 Å². The zero-order valence-corrected chi connectivity index (χ0v) is 12.2. The van der Waals surface area contributed by atoms with Gasteiger partial charge in [0.1, 0.15) is 11.5 Å². The van der Waals surface area contributed by atoms with Gasteiger partial charge in [0.15, 0.2) is 0 Å². The molecule has 22 heavy (non-hydrogen) atoms. The Kier molecular flexibility index (Phi) is 3.05. The van der Waals surface area contributed by atoms with Crippen LogP contribution >= 0.6 is 0 Å². The van der Waals surface area contributed by atoms with Crippen LogP contribution in [-0.2, 0) is 4.79 Å². The van der Waals surface area contributed by atoms with Crippen molar-refractivity contribution >= 4 is 5.78 Å². The Balaban J connectivity index is 1.93. The van der Waals surface area contributed by atoms with Gasteiger partial charge < -0.3 is 9.84 Å². The normalized spacial score (nSPS) is 30.1. The zero-order valence-electron chi connectivity index (χ0n) is 12.2. The Morgan fingerprint density at radius 1 is 1.05 bits per heavy atom. The molecule has 4 rings (SSSR count). The lowest BCUT2D eigenvalue weighted by Gasteiger charge is -2.47. The van der Waals surface area contributed by atoms with E-state index in [4.69, 9.17) is 4.74 Å². The standard InChI is InChI=1S/C19H18O3/c20-15-10-6-12-19(21)18(15)17(13-7-2-1-3-8-13)14-9-4-5-11-16(14)22-19/h1-5,7-9,11,17-18,21H,6,10,12H2/t17-,18+,19-/m1/s1. The third kappa shape index (κ3) is 1.97. The molecule has 1 fully saturated rings. The second kappa shape index (κ2) is 4.96. The van der Waals surface area contributed by atoms with Gasteiger partial charge in [-0.2, -0.15) is 0 Å². The number of Topliss-reactive ketones (excluding diaryl/α,β-unsaturated/α-hetero) is 1. The highest BCUT2D eigenvalue weighted by molar-refractivity contribution is 5.85. The maximum absolute atomic E-state index is 12.6. The maximum Gasteiger partial charge on any atom is 0.218 e. The fraction of sp³-hybridized carbons (Fsp3) is 0.316. The summed E-state index contributed by atoms with van der Waals surface area (Å²) in [6.45, 7) is 0. The number of carbonyl (C=O) groups is 1. The van der Waals surface area contributed by atoms with Gasteiger partial charge in [0.2, 0.25) is 5.79 Å². The van der Waals surface area contributed by atoms with Crippen molar-refractivity contribution in [1.82, 2.24) is 0 Å². The van der Waals surface area contributed by atoms with Gasteiger partial charge in [-0.25, -0.2) is 0 Å². The monoisotopic (exact) mass is 294 g/mol. The summed E-state index contributed by atoms with van der Waals surface area (Å²) in [6, 6.07) is 17.7. The molecule has 0 spiro atoms. The van der Waals surface area contributed by atoms with Crippen molar-refractivity contribution in [1.29, 1.82) is 0 Å². The lowest BCUT2D eigenvalue weighted by Crippen LogP contribution is -2.55. The summed E-state index contributed by atoms with van der Waals surface area (Å²) in [5.41, 5.74) is 2.04. The van der Waals surface area contributed by atoms with Crippen molar-refractivity contribution < 1.29 is 14.6 Å². The smallest absolute Gasteiger partial charge is 0.218 e. The first-order valence-corrected chi connectivity index (χ1v) is 7.77. The fourth-order valence-corrected chi connectivity index (χ4v) is 3.87. The highest BCUT2D eigenvalue weighted by Crippen LogP contribution is 2.51. The first-order chi connectivity index (χ1) is 10.7. The van der Waals surface area contributed by atoms with Gasteiger partial charge in [-0.15, -0.1) is 0 Å². The summed E-state index contributed by atoms with van der Waals surface area (Å²) in [5, 5.41) is 11.0. The van der Waals surface area contributed by atoms with E-state index in [1.54, 1.807) is 0 Å². The summed E-state index contributed by atoms with van der Waals surface area (Å²) in [4.78, 5) is 12.6. The van der Waals surface area contributed by atoms with Crippen LogP contribution in [0.25, 0.3) is 0 Å². The minimum Gasteiger partial charge on any atom is -0.461 e. The van der Waals surface area contributed by atoms with Crippen LogP contribution in [0.4, 0.5) is 0 Å². The summed E-state index contributed by atoms with van der Waals surface area (Å²) >= 11 is 0. The first kappa shape index (κ1) is 13.5. The van der Waals surface area contributed by atoms with Crippen LogP contribution < -0.4 is 4.74 Å². The Hall–Kier alpha value is -2.13. The lowest BCUT2D eigenvalue weighted by atomic mass is 9.68. The molecule has 2 aliphatic rings. The van der Waals surface area contributed by atoms with Crippen molar-refractivity contribution in [2.45, 2.75) is 31.0 Å². The quantitative estimate of drug-likeness (QED) is 0.878. The second-order valence-corrected chi connectivity index (χ2v) is 6.17. The summed E-state index contributed by atoms with van der Waals surface area (Å²) in [5.74, 6) is -1.28. The van der Waals surface area contributed by atoms with E-state index in [2.05, 4.69) is 0 Å². The predicted octanol–water partition coefficient (Wildman–Crippen LogP) is 3.27. The van der Waals surface area contributed by atoms with Crippen LogP contribution in [0.3, 0.4) is 0 Å². The van der Waals surface area contributed by atoms with Gasteiger partial charge in [-0.05, 0) is 18.1 Å². The van der Waals surface area contributed by atoms with E-state index >= 15 is 0 Å². The van der Waals surface area contributed by atoms with Crippen LogP contribution in [0.5, 0.6) is 5.75 Å². The fourth-order valence-electron chi connectivity index (χ4n) is 3.87. The molecule has 3 atom stereocenters. The molecule has 0 bridgehead atoms. The topological polar surface area (TPSA) is 46.5 Å². The molecule has 2 aromatic carbocycles. The highest BCUT2D eigenvalue weighted by Gasteiger charge is 2.54. The van der Waals surface area contributed by atoms with Crippen LogP contribution in [0.1, 0.15) is 36.3 Å². The molecule has 1 aliphatic heterocycles. The summed E-state index contributed by atoms with van der Waals surface area (Å²) < 4.78 is 5.88. The molecule has 112 valence electrons. The molecule has 0 saturated heterocycles. The molecular formula is C19H18O3. The largest absolute Gasteiger partial charge is 0.461 e. The minimum absolute atomic E-state index is 0.0945. The molecular weight excluding hydrogens is 276 g/mol. The van der Waals surface area contributed by atoms with E-state index in [1.807, 2.05) is 54.6 Å². The SMILES string of the molecule is O=C1CCC[C@@]2(O)Oc3ccccc3[C@@H](c3ccccc3)[C@H]12. The van der Waals surface area contributed by atoms with Gasteiger partial charge >= 0.3 is 0 Å². The Labute approximate surface area is 129 Å². The molecule has 1 saturated carbocycles. The van der Waals surface area contributed by atoms with Crippen molar-refractivity contribution in [3.63, 3.8) is 0 Å². The molecule has 1 N–H and O–H groups in total. The summed E-state index contributed by atoms with van der Waals surface area (Å²) in [6.07, 6.45) is 1.69. The number of para-hydroxylation sites is 1. The highest BCUT2D eigenvalue weighted by atomic mass is 16.6. The molecule has 0 aromatic heterocycles. The number of hydrogen-bond donors (Lipinski definition) is 1. The van der Waals surface area contributed by atoms with Crippen LogP contribution in [0.15, 0.2) is 54.6 Å². The first-order valence-electron chi connectivity index (χ1n) is 7.77. The molecule has 1 heterocycles. The predicted molar refractivity (Wildman–Crippen MR) is 82.7 cm³/mol. The Bertz CT molecular complexity index is 710. The third-order valence-corrected chi connectivity index (χ3v) is 4.82. The van der Waals surface area contributed by atoms with E-state index in [-0.39, 0.29) is 11.7 Å². The van der Waals surface area contributed by atoms with E-state index in [9.17, 15) is 9.90 Å². The second-order valence-electron chi connectivity index (χ2n) is 6.17. The number of aliphatic hydroxyl groups is 1. The van der Waals surface area contributed by atoms with Gasteiger partial charge in [0.25, 0.3) is 0 Å². The van der Waals surface area contributed by atoms with Gasteiger partial charge in [0.05, 0.1) is 5.92 Å². The number of ether oxygens (including phenoxy) is 1. The van der Waals surface area contributed by atoms with Crippen molar-refractivity contribution in [2.75, 3.05) is 0 Å². The average molecular weight is 294 g/mol. The third-order valence-electron chi connectivity index (χ3n) is 4.82. The summed E-state index contributed by atoms with van der Waals surface area (Å²) in [7, 11) is 0. The number of ketones is 1. The van der Waals surface area contributed by atoms with Crippen molar-refractivity contribution in [2.24, 2.45) is 5.92 Å². The van der Waals surface area contributed by atoms with E-state index in [0.29, 0.717) is 25.0 Å². The Morgan fingerprint density at radius 3 is 2.59 bits per heavy atom. The molecule has 3 heteroatoms. The number of rotatable bonds is 1. The van der Waals surface area contributed by atoms with Gasteiger partial charge in [0, 0.05) is 24.3 Å². The molecule has 0 radical (unpaired) electrons. The lowest BCUT2D eigenvalue weighted by molar-refractivity contribution is -0.206. The van der Waals surface area contributed by atoms with Crippen molar-refractivity contribution in [3.8, 4) is 5.75 Å². The molecule has 0 unspecified atom stereocenters. The number of benzene rings is 2. The van der Waals surface area contributed by atoms with Gasteiger partial charge in [-0.1, -0.05) is 48.5 Å². The van der Waals surface area contributed by atoms with Crippen LogP contribution in [-0.4, -0.2) is 16.7 Å². The molecule has 2 aromatic rings. The number of fused-ring (bicyclic) bond motifs is 2. The van der Waals surface area contributed by atoms with Crippen LogP contribution in [0, 0.1) is 5.92 Å².